The van der Waals surface area contributed by atoms with E-state index in [-0.39, 0.29) is 27.5 Å². The molecule has 108 valence electrons. The highest BCUT2D eigenvalue weighted by atomic mass is 16.5. The van der Waals surface area contributed by atoms with E-state index in [0.717, 1.165) is 12.1 Å². The van der Waals surface area contributed by atoms with E-state index in [2.05, 4.69) is 13.6 Å². The molecule has 0 saturated heterocycles. The lowest BCUT2D eigenvalue weighted by Gasteiger charge is -1.84. The Morgan fingerprint density at radius 1 is 0.810 bits per heavy atom. The summed E-state index contributed by atoms with van der Waals surface area (Å²) in [4.78, 5) is 54.3. The summed E-state index contributed by atoms with van der Waals surface area (Å²) >= 11 is 0. The minimum atomic E-state index is -0.824. The first kappa shape index (κ1) is 14.4. The van der Waals surface area contributed by atoms with Crippen LogP contribution in [0.5, 0.6) is 0 Å². The molecular weight excluding hydrogens is 284 g/mol. The zero-order chi connectivity index (χ0) is 15.7. The summed E-state index contributed by atoms with van der Waals surface area (Å²) in [6.07, 6.45) is 0. The SMILES string of the molecule is COC(C)=O.O=c1oc(=O)c2cc3c(=O)oc(=O)c3cc12. The van der Waals surface area contributed by atoms with Gasteiger partial charge in [-0.25, -0.2) is 19.2 Å². The second-order valence-electron chi connectivity index (χ2n) is 3.99. The maximum atomic E-state index is 11.2. The molecule has 8 nitrogen and oxygen atoms in total. The Labute approximate surface area is 114 Å². The fourth-order valence-electron chi connectivity index (χ4n) is 1.66. The second-order valence-corrected chi connectivity index (χ2v) is 3.99. The molecule has 2 heterocycles. The van der Waals surface area contributed by atoms with Crippen LogP contribution < -0.4 is 22.5 Å². The fraction of sp³-hybridized carbons (Fsp3) is 0.154. The summed E-state index contributed by atoms with van der Waals surface area (Å²) in [6.45, 7) is 1.36. The molecular formula is C13H8O8. The van der Waals surface area contributed by atoms with E-state index < -0.39 is 22.5 Å². The minimum Gasteiger partial charge on any atom is -0.469 e. The van der Waals surface area contributed by atoms with Gasteiger partial charge in [-0.1, -0.05) is 0 Å². The topological polar surface area (TPSA) is 121 Å². The smallest absolute Gasteiger partial charge is 0.346 e. The van der Waals surface area contributed by atoms with Gasteiger partial charge in [0.2, 0.25) is 0 Å². The Bertz CT molecular complexity index is 880. The average molecular weight is 292 g/mol. The Kier molecular flexibility index (Phi) is 3.53. The number of ether oxygens (including phenoxy) is 1. The number of esters is 1. The Balaban J connectivity index is 0.000000282. The summed E-state index contributed by atoms with van der Waals surface area (Å²) in [5.41, 5.74) is -3.30. The second kappa shape index (κ2) is 5.16. The molecule has 0 aliphatic carbocycles. The van der Waals surface area contributed by atoms with Crippen LogP contribution in [0.3, 0.4) is 0 Å². The number of carbonyl (C=O) groups is 1. The van der Waals surface area contributed by atoms with Gasteiger partial charge in [-0.3, -0.25) is 4.79 Å². The van der Waals surface area contributed by atoms with Crippen LogP contribution in [0.25, 0.3) is 21.5 Å². The third kappa shape index (κ3) is 2.50. The molecule has 21 heavy (non-hydrogen) atoms. The largest absolute Gasteiger partial charge is 0.469 e. The number of fused-ring (bicyclic) bond motifs is 2. The maximum Gasteiger partial charge on any atom is 0.346 e. The van der Waals surface area contributed by atoms with E-state index in [1.54, 1.807) is 0 Å². The maximum absolute atomic E-state index is 11.2. The van der Waals surface area contributed by atoms with Crippen molar-refractivity contribution < 1.29 is 18.4 Å². The van der Waals surface area contributed by atoms with Gasteiger partial charge in [0.05, 0.1) is 28.7 Å². The number of benzene rings is 1. The molecule has 0 radical (unpaired) electrons. The first-order chi connectivity index (χ1) is 9.85. The minimum absolute atomic E-state index is 0.0181. The summed E-state index contributed by atoms with van der Waals surface area (Å²) in [7, 11) is 1.35. The molecule has 3 aromatic rings. The number of carbonyl (C=O) groups excluding carboxylic acids is 1. The lowest BCUT2D eigenvalue weighted by atomic mass is 10.1. The first-order valence-corrected chi connectivity index (χ1v) is 5.60. The highest BCUT2D eigenvalue weighted by Gasteiger charge is 2.15. The van der Waals surface area contributed by atoms with Gasteiger partial charge < -0.3 is 13.6 Å². The Morgan fingerprint density at radius 3 is 1.24 bits per heavy atom. The molecule has 0 fully saturated rings. The van der Waals surface area contributed by atoms with Gasteiger partial charge in [0.1, 0.15) is 0 Å². The molecule has 1 aromatic carbocycles. The van der Waals surface area contributed by atoms with E-state index in [1.807, 2.05) is 0 Å². The van der Waals surface area contributed by atoms with E-state index in [1.165, 1.54) is 14.0 Å². The zero-order valence-electron chi connectivity index (χ0n) is 10.9. The van der Waals surface area contributed by atoms with Crippen LogP contribution in [0.15, 0.2) is 40.1 Å². The molecule has 0 atom stereocenters. The van der Waals surface area contributed by atoms with Gasteiger partial charge in [0, 0.05) is 6.92 Å². The zero-order valence-corrected chi connectivity index (χ0v) is 10.9. The van der Waals surface area contributed by atoms with Gasteiger partial charge in [0.25, 0.3) is 0 Å². The van der Waals surface area contributed by atoms with Gasteiger partial charge in [-0.15, -0.1) is 0 Å². The average Bonchev–Trinajstić information content (AvgIpc) is 2.87. The lowest BCUT2D eigenvalue weighted by Crippen LogP contribution is -1.96. The number of furan rings is 2. The van der Waals surface area contributed by atoms with Crippen molar-refractivity contribution in [1.82, 2.24) is 0 Å². The molecule has 0 aliphatic rings. The van der Waals surface area contributed by atoms with E-state index in [4.69, 9.17) is 0 Å². The summed E-state index contributed by atoms with van der Waals surface area (Å²) in [6, 6.07) is 2.29. The van der Waals surface area contributed by atoms with Crippen molar-refractivity contribution in [2.45, 2.75) is 6.92 Å². The van der Waals surface area contributed by atoms with E-state index in [9.17, 15) is 24.0 Å². The molecule has 0 bridgehead atoms. The molecule has 0 saturated carbocycles. The van der Waals surface area contributed by atoms with Crippen molar-refractivity contribution >= 4 is 27.5 Å². The van der Waals surface area contributed by atoms with Crippen LogP contribution in [0.2, 0.25) is 0 Å². The third-order valence-electron chi connectivity index (χ3n) is 2.70. The molecule has 3 rings (SSSR count). The van der Waals surface area contributed by atoms with Gasteiger partial charge in [-0.05, 0) is 12.1 Å². The predicted molar refractivity (Wildman–Crippen MR) is 71.1 cm³/mol. The van der Waals surface area contributed by atoms with Gasteiger partial charge in [-0.2, -0.15) is 0 Å². The van der Waals surface area contributed by atoms with Crippen LogP contribution in [-0.2, 0) is 9.53 Å². The van der Waals surface area contributed by atoms with E-state index in [0.29, 0.717) is 0 Å². The van der Waals surface area contributed by atoms with E-state index >= 15 is 0 Å². The van der Waals surface area contributed by atoms with Crippen molar-refractivity contribution in [3.05, 3.63) is 53.8 Å². The monoisotopic (exact) mass is 292 g/mol. The molecule has 0 amide bonds. The predicted octanol–water partition coefficient (Wildman–Crippen LogP) is -0.325. The summed E-state index contributed by atoms with van der Waals surface area (Å²) in [5, 5.41) is -0.0726. The Morgan fingerprint density at radius 2 is 1.05 bits per heavy atom. The number of hydrogen-bond acceptors (Lipinski definition) is 8. The van der Waals surface area contributed by atoms with Gasteiger partial charge in [0.15, 0.2) is 0 Å². The van der Waals surface area contributed by atoms with Crippen LogP contribution in [0.4, 0.5) is 0 Å². The van der Waals surface area contributed by atoms with Gasteiger partial charge >= 0.3 is 28.5 Å². The van der Waals surface area contributed by atoms with Crippen molar-refractivity contribution in [3.63, 3.8) is 0 Å². The number of rotatable bonds is 0. The van der Waals surface area contributed by atoms with Crippen molar-refractivity contribution in [2.75, 3.05) is 7.11 Å². The third-order valence-corrected chi connectivity index (χ3v) is 2.70. The highest BCUT2D eigenvalue weighted by molar-refractivity contribution is 5.96. The fourth-order valence-corrected chi connectivity index (χ4v) is 1.66. The quantitative estimate of drug-likeness (QED) is 0.516. The van der Waals surface area contributed by atoms with Crippen LogP contribution in [0.1, 0.15) is 6.92 Å². The molecule has 0 spiro atoms. The molecule has 8 heteroatoms. The Hall–Kier alpha value is -3.03. The van der Waals surface area contributed by atoms with Crippen molar-refractivity contribution in [3.8, 4) is 0 Å². The highest BCUT2D eigenvalue weighted by Crippen LogP contribution is 2.13. The normalized spacial score (nSPS) is 10.4. The van der Waals surface area contributed by atoms with Crippen molar-refractivity contribution in [1.29, 1.82) is 0 Å². The lowest BCUT2D eigenvalue weighted by molar-refractivity contribution is -0.137. The molecule has 0 aliphatic heterocycles. The first-order valence-electron chi connectivity index (χ1n) is 5.60. The molecule has 0 unspecified atom stereocenters. The van der Waals surface area contributed by atoms with Crippen LogP contribution in [0, 0.1) is 0 Å². The summed E-state index contributed by atoms with van der Waals surface area (Å²) in [5.74, 6) is -0.245. The van der Waals surface area contributed by atoms with Crippen LogP contribution in [-0.4, -0.2) is 13.1 Å². The van der Waals surface area contributed by atoms with Crippen molar-refractivity contribution in [2.24, 2.45) is 0 Å². The molecule has 0 N–H and O–H groups in total. The number of methoxy groups -OCH3 is 1. The standard InChI is InChI=1S/C10H2O6.C3H6O2/c11-7-3-1-4-6(10(14)16-8(4)12)2-5(3)9(13)15-7;1-3(4)5-2/h1-2H;1-2H3. The number of hydrogen-bond donors (Lipinski definition) is 0. The van der Waals surface area contributed by atoms with Crippen LogP contribution >= 0.6 is 0 Å². The molecule has 2 aromatic heterocycles. The summed E-state index contributed by atoms with van der Waals surface area (Å²) < 4.78 is 12.8.